The Bertz CT molecular complexity index is 350. The number of likely N-dealkylation sites (N-methyl/N-ethyl adjacent to an activating group) is 1. The van der Waals surface area contributed by atoms with Crippen molar-refractivity contribution >= 4 is 5.91 Å². The summed E-state index contributed by atoms with van der Waals surface area (Å²) in [6.07, 6.45) is 4.68. The predicted molar refractivity (Wildman–Crippen MR) is 73.0 cm³/mol. The fourth-order valence-corrected chi connectivity index (χ4v) is 3.80. The van der Waals surface area contributed by atoms with Crippen LogP contribution in [0.15, 0.2) is 0 Å². The van der Waals surface area contributed by atoms with Crippen LogP contribution >= 0.6 is 0 Å². The third kappa shape index (κ3) is 2.51. The number of carbonyl (C=O) groups excluding carboxylic acids is 1. The highest BCUT2D eigenvalue weighted by Crippen LogP contribution is 2.29. The number of likely N-dealkylation sites (tertiary alicyclic amines) is 1. The molecule has 19 heavy (non-hydrogen) atoms. The van der Waals surface area contributed by atoms with Gasteiger partial charge < -0.3 is 15.0 Å². The van der Waals surface area contributed by atoms with Gasteiger partial charge in [-0.3, -0.25) is 9.69 Å². The Morgan fingerprint density at radius 1 is 1.26 bits per heavy atom. The fraction of sp³-hybridized carbons (Fsp3) is 0.929. The quantitative estimate of drug-likeness (QED) is 0.768. The van der Waals surface area contributed by atoms with Gasteiger partial charge in [0.2, 0.25) is 5.91 Å². The average molecular weight is 267 g/mol. The normalized spacial score (nSPS) is 39.6. The number of hydrogen-bond donors (Lipinski definition) is 1. The van der Waals surface area contributed by atoms with Crippen LogP contribution in [0.3, 0.4) is 0 Å². The number of nitrogens with zero attached hydrogens (tertiary/aromatic N) is 2. The number of rotatable bonds is 2. The first-order chi connectivity index (χ1) is 9.19. The molecule has 2 bridgehead atoms. The molecule has 3 heterocycles. The molecule has 1 N–H and O–H groups in total. The van der Waals surface area contributed by atoms with Crippen molar-refractivity contribution in [1.29, 1.82) is 0 Å². The standard InChI is InChI=1S/C14H25N3O2/c1-16-10-3-4-11(16)9-17(6-5-10)14(18)13-7-12(19-2)8-15-13/h10-13,15H,3-9H2,1-2H3. The minimum atomic E-state index is -0.0353. The van der Waals surface area contributed by atoms with Gasteiger partial charge >= 0.3 is 0 Å². The summed E-state index contributed by atoms with van der Waals surface area (Å²) in [5.41, 5.74) is 0. The Morgan fingerprint density at radius 2 is 2.05 bits per heavy atom. The van der Waals surface area contributed by atoms with Crippen LogP contribution in [-0.4, -0.2) is 73.7 Å². The Kier molecular flexibility index (Phi) is 3.78. The van der Waals surface area contributed by atoms with E-state index in [0.717, 1.165) is 32.5 Å². The zero-order valence-corrected chi connectivity index (χ0v) is 12.0. The molecule has 1 amide bonds. The Morgan fingerprint density at radius 3 is 2.79 bits per heavy atom. The number of carbonyl (C=O) groups is 1. The molecule has 0 aromatic heterocycles. The first kappa shape index (κ1) is 13.3. The summed E-state index contributed by atoms with van der Waals surface area (Å²) in [4.78, 5) is 17.1. The van der Waals surface area contributed by atoms with Crippen molar-refractivity contribution in [2.24, 2.45) is 0 Å². The second kappa shape index (κ2) is 5.38. The maximum Gasteiger partial charge on any atom is 0.239 e. The van der Waals surface area contributed by atoms with Crippen LogP contribution in [0, 0.1) is 0 Å². The van der Waals surface area contributed by atoms with E-state index >= 15 is 0 Å². The molecule has 0 radical (unpaired) electrons. The van der Waals surface area contributed by atoms with Gasteiger partial charge in [-0.25, -0.2) is 0 Å². The minimum Gasteiger partial charge on any atom is -0.380 e. The number of fused-ring (bicyclic) bond motifs is 2. The largest absolute Gasteiger partial charge is 0.380 e. The zero-order chi connectivity index (χ0) is 13.4. The van der Waals surface area contributed by atoms with Gasteiger partial charge in [0.05, 0.1) is 12.1 Å². The van der Waals surface area contributed by atoms with E-state index < -0.39 is 0 Å². The van der Waals surface area contributed by atoms with Crippen molar-refractivity contribution in [2.75, 3.05) is 33.8 Å². The number of ether oxygens (including phenoxy) is 1. The summed E-state index contributed by atoms with van der Waals surface area (Å²) in [5.74, 6) is 0.278. The molecular weight excluding hydrogens is 242 g/mol. The monoisotopic (exact) mass is 267 g/mol. The van der Waals surface area contributed by atoms with E-state index in [2.05, 4.69) is 22.2 Å². The molecule has 4 atom stereocenters. The number of amides is 1. The minimum absolute atomic E-state index is 0.0353. The third-order valence-corrected chi connectivity index (χ3v) is 5.18. The van der Waals surface area contributed by atoms with Crippen molar-refractivity contribution in [3.8, 4) is 0 Å². The summed E-state index contributed by atoms with van der Waals surface area (Å²) >= 11 is 0. The van der Waals surface area contributed by atoms with E-state index in [1.165, 1.54) is 12.8 Å². The van der Waals surface area contributed by atoms with Crippen molar-refractivity contribution in [1.82, 2.24) is 15.1 Å². The van der Waals surface area contributed by atoms with Gasteiger partial charge in [0, 0.05) is 38.8 Å². The van der Waals surface area contributed by atoms with E-state index in [4.69, 9.17) is 4.74 Å². The summed E-state index contributed by atoms with van der Waals surface area (Å²) in [6, 6.07) is 1.22. The van der Waals surface area contributed by atoms with Gasteiger partial charge in [0.25, 0.3) is 0 Å². The summed E-state index contributed by atoms with van der Waals surface area (Å²) < 4.78 is 5.33. The predicted octanol–water partition coefficient (Wildman–Crippen LogP) is 0.0584. The molecule has 3 aliphatic rings. The van der Waals surface area contributed by atoms with E-state index in [1.807, 2.05) is 0 Å². The van der Waals surface area contributed by atoms with Crippen molar-refractivity contribution in [2.45, 2.75) is 49.9 Å². The van der Waals surface area contributed by atoms with E-state index in [-0.39, 0.29) is 18.1 Å². The molecule has 0 spiro atoms. The van der Waals surface area contributed by atoms with E-state index in [9.17, 15) is 4.79 Å². The molecule has 4 unspecified atom stereocenters. The summed E-state index contributed by atoms with van der Waals surface area (Å²) in [7, 11) is 3.93. The highest BCUT2D eigenvalue weighted by molar-refractivity contribution is 5.82. The SMILES string of the molecule is COC1CNC(C(=O)N2CCC3CCC(C2)N3C)C1. The van der Waals surface area contributed by atoms with Crippen LogP contribution in [-0.2, 0) is 9.53 Å². The second-order valence-electron chi connectivity index (χ2n) is 6.18. The Labute approximate surface area is 115 Å². The van der Waals surface area contributed by atoms with E-state index in [0.29, 0.717) is 12.1 Å². The smallest absolute Gasteiger partial charge is 0.239 e. The van der Waals surface area contributed by atoms with Gasteiger partial charge in [-0.15, -0.1) is 0 Å². The van der Waals surface area contributed by atoms with Crippen molar-refractivity contribution in [3.05, 3.63) is 0 Å². The highest BCUT2D eigenvalue weighted by Gasteiger charge is 2.39. The van der Waals surface area contributed by atoms with Gasteiger partial charge in [-0.1, -0.05) is 0 Å². The van der Waals surface area contributed by atoms with Gasteiger partial charge in [0.15, 0.2) is 0 Å². The van der Waals surface area contributed by atoms with Crippen LogP contribution in [0.5, 0.6) is 0 Å². The van der Waals surface area contributed by atoms with Crippen LogP contribution in [0.1, 0.15) is 25.7 Å². The molecule has 5 heteroatoms. The van der Waals surface area contributed by atoms with Gasteiger partial charge in [-0.2, -0.15) is 0 Å². The lowest BCUT2D eigenvalue weighted by Gasteiger charge is -2.28. The Balaban J connectivity index is 1.61. The van der Waals surface area contributed by atoms with Gasteiger partial charge in [-0.05, 0) is 32.7 Å². The van der Waals surface area contributed by atoms with E-state index in [1.54, 1.807) is 7.11 Å². The molecule has 3 aliphatic heterocycles. The topological polar surface area (TPSA) is 44.8 Å². The van der Waals surface area contributed by atoms with Gasteiger partial charge in [0.1, 0.15) is 0 Å². The fourth-order valence-electron chi connectivity index (χ4n) is 3.80. The van der Waals surface area contributed by atoms with Crippen LogP contribution in [0.4, 0.5) is 0 Å². The third-order valence-electron chi connectivity index (χ3n) is 5.18. The second-order valence-corrected chi connectivity index (χ2v) is 6.18. The molecule has 0 aliphatic carbocycles. The van der Waals surface area contributed by atoms with Crippen LogP contribution in [0.25, 0.3) is 0 Å². The zero-order valence-electron chi connectivity index (χ0n) is 12.0. The lowest BCUT2D eigenvalue weighted by Crippen LogP contribution is -2.47. The number of methoxy groups -OCH3 is 1. The molecular formula is C14H25N3O2. The maximum absolute atomic E-state index is 12.6. The van der Waals surface area contributed by atoms with Crippen molar-refractivity contribution in [3.63, 3.8) is 0 Å². The van der Waals surface area contributed by atoms with Crippen LogP contribution in [0.2, 0.25) is 0 Å². The lowest BCUT2D eigenvalue weighted by atomic mass is 10.1. The Hall–Kier alpha value is -0.650. The first-order valence-electron chi connectivity index (χ1n) is 7.46. The molecule has 3 fully saturated rings. The van der Waals surface area contributed by atoms with Crippen molar-refractivity contribution < 1.29 is 9.53 Å². The molecule has 3 saturated heterocycles. The highest BCUT2D eigenvalue weighted by atomic mass is 16.5. The summed E-state index contributed by atoms with van der Waals surface area (Å²) in [5, 5.41) is 3.30. The number of hydrogen-bond acceptors (Lipinski definition) is 4. The average Bonchev–Trinajstić information content (AvgIpc) is 2.95. The number of nitrogens with one attached hydrogen (secondary N) is 1. The lowest BCUT2D eigenvalue weighted by molar-refractivity contribution is -0.133. The maximum atomic E-state index is 12.6. The molecule has 3 rings (SSSR count). The summed E-state index contributed by atoms with van der Waals surface area (Å²) in [6.45, 7) is 2.62. The molecule has 108 valence electrons. The van der Waals surface area contributed by atoms with Crippen LogP contribution < -0.4 is 5.32 Å². The first-order valence-corrected chi connectivity index (χ1v) is 7.46. The molecule has 0 saturated carbocycles. The molecule has 5 nitrogen and oxygen atoms in total. The molecule has 0 aromatic rings. The molecule has 0 aromatic carbocycles.